The molecule has 0 aliphatic carbocycles. The first-order valence-corrected chi connectivity index (χ1v) is 9.05. The maximum absolute atomic E-state index is 12.1. The number of nitrogens with one attached hydrogen (secondary N) is 2. The van der Waals surface area contributed by atoms with E-state index in [1.54, 1.807) is 7.05 Å². The molecule has 148 valence electrons. The summed E-state index contributed by atoms with van der Waals surface area (Å²) >= 11 is 0. The Morgan fingerprint density at radius 2 is 2.04 bits per heavy atom. The summed E-state index contributed by atoms with van der Waals surface area (Å²) in [5.74, 6) is 1.04. The van der Waals surface area contributed by atoms with Crippen LogP contribution in [0.25, 0.3) is 0 Å². The van der Waals surface area contributed by atoms with Crippen molar-refractivity contribution in [1.29, 1.82) is 0 Å². The first-order valence-electron chi connectivity index (χ1n) is 9.05. The molecule has 0 radical (unpaired) electrons. The fourth-order valence-electron chi connectivity index (χ4n) is 2.48. The third-order valence-corrected chi connectivity index (χ3v) is 4.01. The molecule has 7 heteroatoms. The van der Waals surface area contributed by atoms with Crippen molar-refractivity contribution in [1.82, 2.24) is 20.1 Å². The summed E-state index contributed by atoms with van der Waals surface area (Å²) < 4.78 is 7.45. The van der Waals surface area contributed by atoms with Crippen molar-refractivity contribution in [2.45, 2.75) is 52.8 Å². The number of ether oxygens (including phenoxy) is 1. The molecule has 0 saturated heterocycles. The van der Waals surface area contributed by atoms with Gasteiger partial charge >= 0.3 is 6.09 Å². The van der Waals surface area contributed by atoms with Gasteiger partial charge in [-0.3, -0.25) is 4.99 Å². The van der Waals surface area contributed by atoms with Crippen LogP contribution in [0.2, 0.25) is 0 Å². The highest BCUT2D eigenvalue weighted by Gasteiger charge is 2.22. The van der Waals surface area contributed by atoms with E-state index < -0.39 is 11.7 Å². The summed E-state index contributed by atoms with van der Waals surface area (Å²) in [5, 5.41) is 6.29. The number of hydrogen-bond acceptors (Lipinski definition) is 3. The van der Waals surface area contributed by atoms with E-state index >= 15 is 0 Å². The second-order valence-corrected chi connectivity index (χ2v) is 7.89. The molecular weight excluding hydrogens is 330 g/mol. The van der Waals surface area contributed by atoms with Gasteiger partial charge in [-0.25, -0.2) is 4.79 Å². The van der Waals surface area contributed by atoms with Gasteiger partial charge in [-0.15, -0.1) is 0 Å². The Hall–Kier alpha value is -2.18. The lowest BCUT2D eigenvalue weighted by molar-refractivity contribution is 0.0491. The minimum Gasteiger partial charge on any atom is -0.444 e. The zero-order chi connectivity index (χ0) is 19.9. The van der Waals surface area contributed by atoms with E-state index in [1.807, 2.05) is 47.1 Å². The Labute approximate surface area is 157 Å². The number of rotatable bonds is 6. The van der Waals surface area contributed by atoms with Crippen LogP contribution in [0.15, 0.2) is 23.3 Å². The van der Waals surface area contributed by atoms with Gasteiger partial charge in [-0.1, -0.05) is 13.8 Å². The summed E-state index contributed by atoms with van der Waals surface area (Å²) in [5.41, 5.74) is 0.687. The Bertz CT molecular complexity index is 601. The molecule has 1 aromatic heterocycles. The van der Waals surface area contributed by atoms with Gasteiger partial charge in [0, 0.05) is 39.6 Å². The van der Waals surface area contributed by atoms with Crippen molar-refractivity contribution in [2.75, 3.05) is 20.6 Å². The number of guanidine groups is 1. The molecule has 1 aromatic rings. The SMILES string of the molecule is CN=C(NCC(NC(=O)OC(C)(C)C)C(C)C)N(C)Cc1cccn1C. The van der Waals surface area contributed by atoms with Gasteiger partial charge in [-0.2, -0.15) is 0 Å². The fourth-order valence-corrected chi connectivity index (χ4v) is 2.48. The molecule has 0 saturated carbocycles. The minimum atomic E-state index is -0.510. The van der Waals surface area contributed by atoms with E-state index in [9.17, 15) is 4.79 Å². The smallest absolute Gasteiger partial charge is 0.407 e. The lowest BCUT2D eigenvalue weighted by Crippen LogP contribution is -2.50. The molecule has 1 unspecified atom stereocenters. The molecule has 0 aliphatic rings. The lowest BCUT2D eigenvalue weighted by atomic mass is 10.0. The number of aryl methyl sites for hydroxylation is 1. The van der Waals surface area contributed by atoms with Crippen LogP contribution in [0.1, 0.15) is 40.3 Å². The Morgan fingerprint density at radius 1 is 1.38 bits per heavy atom. The van der Waals surface area contributed by atoms with Crippen molar-refractivity contribution in [2.24, 2.45) is 18.0 Å². The third kappa shape index (κ3) is 7.37. The molecule has 1 amide bonds. The second kappa shape index (κ2) is 9.50. The molecule has 1 heterocycles. The molecule has 26 heavy (non-hydrogen) atoms. The van der Waals surface area contributed by atoms with E-state index in [-0.39, 0.29) is 12.0 Å². The average Bonchev–Trinajstić information content (AvgIpc) is 2.89. The summed E-state index contributed by atoms with van der Waals surface area (Å²) in [6, 6.07) is 4.05. The van der Waals surface area contributed by atoms with E-state index in [0.717, 1.165) is 12.5 Å². The van der Waals surface area contributed by atoms with Crippen molar-refractivity contribution in [3.8, 4) is 0 Å². The largest absolute Gasteiger partial charge is 0.444 e. The van der Waals surface area contributed by atoms with Crippen LogP contribution in [-0.4, -0.2) is 53.8 Å². The van der Waals surface area contributed by atoms with E-state index in [0.29, 0.717) is 6.54 Å². The summed E-state index contributed by atoms with van der Waals surface area (Å²) in [6.07, 6.45) is 1.63. The first kappa shape index (κ1) is 21.9. The predicted octanol–water partition coefficient (Wildman–Crippen LogP) is 2.58. The average molecular weight is 366 g/mol. The molecule has 0 spiro atoms. The zero-order valence-electron chi connectivity index (χ0n) is 17.5. The molecule has 0 bridgehead atoms. The molecular formula is C19H35N5O2. The lowest BCUT2D eigenvalue weighted by Gasteiger charge is -2.28. The minimum absolute atomic E-state index is 0.0648. The normalized spacial score (nSPS) is 13.5. The molecule has 2 N–H and O–H groups in total. The van der Waals surface area contributed by atoms with Crippen LogP contribution in [0.5, 0.6) is 0 Å². The van der Waals surface area contributed by atoms with E-state index in [2.05, 4.69) is 45.0 Å². The van der Waals surface area contributed by atoms with Crippen molar-refractivity contribution in [3.63, 3.8) is 0 Å². The molecule has 0 fully saturated rings. The topological polar surface area (TPSA) is 70.9 Å². The van der Waals surface area contributed by atoms with Gasteiger partial charge < -0.3 is 24.8 Å². The standard InChI is InChI=1S/C19H35N5O2/c1-14(2)16(22-18(25)26-19(3,4)5)12-21-17(20-6)24(8)13-15-10-9-11-23(15)7/h9-11,14,16H,12-13H2,1-8H3,(H,20,21)(H,22,25). The predicted molar refractivity (Wildman–Crippen MR) is 106 cm³/mol. The number of hydrogen-bond donors (Lipinski definition) is 2. The van der Waals surface area contributed by atoms with Crippen molar-refractivity contribution < 1.29 is 9.53 Å². The summed E-state index contributed by atoms with van der Waals surface area (Å²) in [7, 11) is 5.78. The van der Waals surface area contributed by atoms with Gasteiger partial charge in [0.2, 0.25) is 0 Å². The second-order valence-electron chi connectivity index (χ2n) is 7.89. The monoisotopic (exact) mass is 365 g/mol. The van der Waals surface area contributed by atoms with Crippen molar-refractivity contribution >= 4 is 12.1 Å². The van der Waals surface area contributed by atoms with Crippen LogP contribution in [0.4, 0.5) is 4.79 Å². The number of nitrogens with zero attached hydrogens (tertiary/aromatic N) is 3. The number of carbonyl (C=O) groups is 1. The van der Waals surface area contributed by atoms with Crippen molar-refractivity contribution in [3.05, 3.63) is 24.0 Å². The van der Waals surface area contributed by atoms with Crippen LogP contribution in [-0.2, 0) is 18.3 Å². The third-order valence-electron chi connectivity index (χ3n) is 4.01. The number of aliphatic imine (C=N–C) groups is 1. The maximum Gasteiger partial charge on any atom is 0.407 e. The van der Waals surface area contributed by atoms with Crippen LogP contribution >= 0.6 is 0 Å². The number of amides is 1. The van der Waals surface area contributed by atoms with Crippen LogP contribution in [0, 0.1) is 5.92 Å². The maximum atomic E-state index is 12.1. The molecule has 1 atom stereocenters. The molecule has 0 aromatic carbocycles. The fraction of sp³-hybridized carbons (Fsp3) is 0.684. The molecule has 1 rings (SSSR count). The number of alkyl carbamates (subject to hydrolysis) is 1. The van der Waals surface area contributed by atoms with Gasteiger partial charge in [0.15, 0.2) is 5.96 Å². The summed E-state index contributed by atoms with van der Waals surface area (Å²) in [4.78, 5) is 18.5. The Kier molecular flexibility index (Phi) is 7.99. The molecule has 0 aliphatic heterocycles. The van der Waals surface area contributed by atoms with Gasteiger partial charge in [0.25, 0.3) is 0 Å². The number of aromatic nitrogens is 1. The van der Waals surface area contributed by atoms with Gasteiger partial charge in [0.1, 0.15) is 5.60 Å². The Balaban J connectivity index is 2.62. The van der Waals surface area contributed by atoms with E-state index in [4.69, 9.17) is 4.74 Å². The highest BCUT2D eigenvalue weighted by Crippen LogP contribution is 2.09. The Morgan fingerprint density at radius 3 is 2.50 bits per heavy atom. The van der Waals surface area contributed by atoms with Gasteiger partial charge in [-0.05, 0) is 38.8 Å². The highest BCUT2D eigenvalue weighted by atomic mass is 16.6. The highest BCUT2D eigenvalue weighted by molar-refractivity contribution is 5.79. The van der Waals surface area contributed by atoms with E-state index in [1.165, 1.54) is 5.69 Å². The van der Waals surface area contributed by atoms with Crippen LogP contribution < -0.4 is 10.6 Å². The summed E-state index contributed by atoms with van der Waals surface area (Å²) in [6.45, 7) is 11.0. The first-order chi connectivity index (χ1) is 12.0. The van der Waals surface area contributed by atoms with Gasteiger partial charge in [0.05, 0.1) is 12.6 Å². The quantitative estimate of drug-likeness (QED) is 0.600. The number of carbonyl (C=O) groups excluding carboxylic acids is 1. The van der Waals surface area contributed by atoms with Crippen LogP contribution in [0.3, 0.4) is 0 Å². The zero-order valence-corrected chi connectivity index (χ0v) is 17.5. The molecule has 7 nitrogen and oxygen atoms in total.